The van der Waals surface area contributed by atoms with Crippen molar-refractivity contribution in [1.82, 2.24) is 19.7 Å². The Kier molecular flexibility index (Phi) is 4.73. The first-order valence-electron chi connectivity index (χ1n) is 7.95. The number of aryl methyl sites for hydroxylation is 2. The predicted molar refractivity (Wildman–Crippen MR) is 85.7 cm³/mol. The number of rotatable bonds is 5. The first kappa shape index (κ1) is 15.0. The van der Waals surface area contributed by atoms with Crippen molar-refractivity contribution in [3.05, 3.63) is 41.9 Å². The number of ether oxygens (including phenoxy) is 1. The molecule has 1 aliphatic heterocycles. The number of aromatic nitrogens is 3. The fraction of sp³-hybridized carbons (Fsp3) is 0.529. The van der Waals surface area contributed by atoms with Crippen molar-refractivity contribution >= 4 is 0 Å². The zero-order valence-corrected chi connectivity index (χ0v) is 13.4. The summed E-state index contributed by atoms with van der Waals surface area (Å²) in [5, 5.41) is 4.23. The summed E-state index contributed by atoms with van der Waals surface area (Å²) in [5.41, 5.74) is 2.40. The van der Waals surface area contributed by atoms with Gasteiger partial charge in [0, 0.05) is 37.1 Å². The third-order valence-corrected chi connectivity index (χ3v) is 4.29. The zero-order chi connectivity index (χ0) is 15.4. The van der Waals surface area contributed by atoms with Crippen LogP contribution in [0.2, 0.25) is 0 Å². The fourth-order valence-electron chi connectivity index (χ4n) is 2.94. The van der Waals surface area contributed by atoms with Gasteiger partial charge < -0.3 is 4.74 Å². The van der Waals surface area contributed by atoms with Gasteiger partial charge in [-0.25, -0.2) is 4.98 Å². The van der Waals surface area contributed by atoms with Crippen molar-refractivity contribution in [2.75, 3.05) is 19.7 Å². The second kappa shape index (κ2) is 6.92. The lowest BCUT2D eigenvalue weighted by Gasteiger charge is -2.31. The molecular weight excluding hydrogens is 276 g/mol. The highest BCUT2D eigenvalue weighted by molar-refractivity contribution is 5.23. The minimum atomic E-state index is 0.631. The Hall–Kier alpha value is -1.88. The molecule has 0 aromatic carbocycles. The molecule has 1 fully saturated rings. The highest BCUT2D eigenvalue weighted by Crippen LogP contribution is 2.21. The van der Waals surface area contributed by atoms with E-state index in [1.165, 1.54) is 18.4 Å². The molecule has 5 heteroatoms. The predicted octanol–water partition coefficient (Wildman–Crippen LogP) is 2.41. The Balaban J connectivity index is 1.43. The van der Waals surface area contributed by atoms with Crippen LogP contribution in [0.1, 0.15) is 24.0 Å². The Morgan fingerprint density at radius 1 is 1.32 bits per heavy atom. The third kappa shape index (κ3) is 3.85. The number of likely N-dealkylation sites (tertiary alicyclic amines) is 1. The molecule has 3 heterocycles. The van der Waals surface area contributed by atoms with Gasteiger partial charge in [-0.05, 0) is 44.8 Å². The number of hydrogen-bond donors (Lipinski definition) is 0. The number of hydrogen-bond acceptors (Lipinski definition) is 4. The second-order valence-electron chi connectivity index (χ2n) is 6.18. The van der Waals surface area contributed by atoms with Crippen LogP contribution >= 0.6 is 0 Å². The molecule has 2 aromatic rings. The molecule has 0 N–H and O–H groups in total. The van der Waals surface area contributed by atoms with Crippen LogP contribution in [0.4, 0.5) is 0 Å². The molecule has 3 rings (SSSR count). The molecule has 2 aromatic heterocycles. The molecule has 0 aliphatic carbocycles. The van der Waals surface area contributed by atoms with Gasteiger partial charge in [0.2, 0.25) is 5.88 Å². The summed E-state index contributed by atoms with van der Waals surface area (Å²) in [4.78, 5) is 6.79. The van der Waals surface area contributed by atoms with Crippen molar-refractivity contribution in [2.45, 2.75) is 26.3 Å². The van der Waals surface area contributed by atoms with Gasteiger partial charge in [0.25, 0.3) is 0 Å². The SMILES string of the molecule is Cc1cccnc1OCC1CCN(Cc2cnn(C)c2)CC1. The van der Waals surface area contributed by atoms with Crippen LogP contribution < -0.4 is 4.74 Å². The largest absolute Gasteiger partial charge is 0.477 e. The summed E-state index contributed by atoms with van der Waals surface area (Å²) >= 11 is 0. The standard InChI is InChI=1S/C17H24N4O/c1-14-4-3-7-18-17(14)22-13-15-5-8-21(9-6-15)12-16-10-19-20(2)11-16/h3-4,7,10-11,15H,5-6,8-9,12-13H2,1-2H3. The summed E-state index contributed by atoms with van der Waals surface area (Å²) in [7, 11) is 1.96. The van der Waals surface area contributed by atoms with Gasteiger partial charge in [0.15, 0.2) is 0 Å². The summed E-state index contributed by atoms with van der Waals surface area (Å²) < 4.78 is 7.76. The maximum absolute atomic E-state index is 5.89. The molecule has 22 heavy (non-hydrogen) atoms. The average molecular weight is 300 g/mol. The monoisotopic (exact) mass is 300 g/mol. The molecular formula is C17H24N4O. The molecule has 0 bridgehead atoms. The van der Waals surface area contributed by atoms with E-state index >= 15 is 0 Å². The Morgan fingerprint density at radius 3 is 2.82 bits per heavy atom. The molecule has 5 nitrogen and oxygen atoms in total. The van der Waals surface area contributed by atoms with Crippen molar-refractivity contribution in [2.24, 2.45) is 13.0 Å². The van der Waals surface area contributed by atoms with Crippen molar-refractivity contribution in [3.63, 3.8) is 0 Å². The maximum Gasteiger partial charge on any atom is 0.216 e. The highest BCUT2D eigenvalue weighted by atomic mass is 16.5. The second-order valence-corrected chi connectivity index (χ2v) is 6.18. The van der Waals surface area contributed by atoms with Gasteiger partial charge >= 0.3 is 0 Å². The van der Waals surface area contributed by atoms with Crippen LogP contribution in [-0.4, -0.2) is 39.4 Å². The van der Waals surface area contributed by atoms with Crippen LogP contribution in [-0.2, 0) is 13.6 Å². The zero-order valence-electron chi connectivity index (χ0n) is 13.4. The Bertz CT molecular complexity index is 602. The number of piperidine rings is 1. The van der Waals surface area contributed by atoms with Crippen LogP contribution in [0.3, 0.4) is 0 Å². The van der Waals surface area contributed by atoms with Gasteiger partial charge in [-0.3, -0.25) is 9.58 Å². The molecule has 0 atom stereocenters. The van der Waals surface area contributed by atoms with Crippen molar-refractivity contribution in [1.29, 1.82) is 0 Å². The van der Waals surface area contributed by atoms with Crippen molar-refractivity contribution in [3.8, 4) is 5.88 Å². The molecule has 1 aliphatic rings. The maximum atomic E-state index is 5.89. The molecule has 0 radical (unpaired) electrons. The molecule has 0 amide bonds. The highest BCUT2D eigenvalue weighted by Gasteiger charge is 2.20. The minimum absolute atomic E-state index is 0.631. The van der Waals surface area contributed by atoms with Crippen molar-refractivity contribution < 1.29 is 4.74 Å². The van der Waals surface area contributed by atoms with Crippen LogP contribution in [0, 0.1) is 12.8 Å². The first-order chi connectivity index (χ1) is 10.7. The first-order valence-corrected chi connectivity index (χ1v) is 7.95. The van der Waals surface area contributed by atoms with E-state index in [9.17, 15) is 0 Å². The van der Waals surface area contributed by atoms with E-state index in [0.29, 0.717) is 5.92 Å². The van der Waals surface area contributed by atoms with Crippen LogP contribution in [0.25, 0.3) is 0 Å². The van der Waals surface area contributed by atoms with E-state index in [-0.39, 0.29) is 0 Å². The van der Waals surface area contributed by atoms with E-state index in [4.69, 9.17) is 4.74 Å². The lowest BCUT2D eigenvalue weighted by Crippen LogP contribution is -2.35. The average Bonchev–Trinajstić information content (AvgIpc) is 2.93. The topological polar surface area (TPSA) is 43.2 Å². The Morgan fingerprint density at radius 2 is 2.14 bits per heavy atom. The molecule has 1 saturated heterocycles. The summed E-state index contributed by atoms with van der Waals surface area (Å²) in [6.45, 7) is 6.08. The molecule has 118 valence electrons. The fourth-order valence-corrected chi connectivity index (χ4v) is 2.94. The van der Waals surface area contributed by atoms with E-state index < -0.39 is 0 Å². The summed E-state index contributed by atoms with van der Waals surface area (Å²) in [6, 6.07) is 3.98. The van der Waals surface area contributed by atoms with Gasteiger partial charge in [-0.1, -0.05) is 6.07 Å². The van der Waals surface area contributed by atoms with E-state index in [2.05, 4.69) is 21.2 Å². The van der Waals surface area contributed by atoms with E-state index in [1.54, 1.807) is 6.20 Å². The molecule has 0 spiro atoms. The smallest absolute Gasteiger partial charge is 0.216 e. The van der Waals surface area contributed by atoms with Gasteiger partial charge in [-0.2, -0.15) is 5.10 Å². The lowest BCUT2D eigenvalue weighted by atomic mass is 9.97. The van der Waals surface area contributed by atoms with Gasteiger partial charge in [-0.15, -0.1) is 0 Å². The number of pyridine rings is 1. The lowest BCUT2D eigenvalue weighted by molar-refractivity contribution is 0.134. The van der Waals surface area contributed by atoms with E-state index in [0.717, 1.165) is 37.7 Å². The van der Waals surface area contributed by atoms with Gasteiger partial charge in [0.1, 0.15) is 0 Å². The van der Waals surface area contributed by atoms with Gasteiger partial charge in [0.05, 0.1) is 12.8 Å². The third-order valence-electron chi connectivity index (χ3n) is 4.29. The minimum Gasteiger partial charge on any atom is -0.477 e. The quantitative estimate of drug-likeness (QED) is 0.850. The Labute approximate surface area is 131 Å². The van der Waals surface area contributed by atoms with E-state index in [1.807, 2.05) is 37.0 Å². The summed E-state index contributed by atoms with van der Waals surface area (Å²) in [6.07, 6.45) is 8.22. The molecule has 0 saturated carbocycles. The van der Waals surface area contributed by atoms with Crippen LogP contribution in [0.15, 0.2) is 30.7 Å². The summed E-state index contributed by atoms with van der Waals surface area (Å²) in [5.74, 6) is 1.41. The number of nitrogens with zero attached hydrogens (tertiary/aromatic N) is 4. The normalized spacial score (nSPS) is 16.8. The molecule has 0 unspecified atom stereocenters. The van der Waals surface area contributed by atoms with Crippen LogP contribution in [0.5, 0.6) is 5.88 Å².